The summed E-state index contributed by atoms with van der Waals surface area (Å²) in [6.07, 6.45) is 5.29. The van der Waals surface area contributed by atoms with Crippen molar-refractivity contribution in [3.8, 4) is 11.3 Å². The number of nitrogens with one attached hydrogen (secondary N) is 1. The standard InChI is InChI=1S/C24H30N6O3/c1-13-9-15(10-21(31)24(13,3)33)16-7-8-26-11-20(16)28-23(32)22-18(25)5-6-19(27-22)17-12-30(4)29-14(17)2/h5-8,11-13,15,21,31,33H,9-10,25H2,1-4H3,(H,28,32)/t13-,15+,21+,24+/m0/s1. The number of hydrogen-bond acceptors (Lipinski definition) is 7. The molecule has 3 aromatic rings. The smallest absolute Gasteiger partial charge is 0.276 e. The molecule has 1 saturated carbocycles. The molecular weight excluding hydrogens is 420 g/mol. The topological polar surface area (TPSA) is 139 Å². The maximum absolute atomic E-state index is 13.2. The molecule has 9 heteroatoms. The third-order valence-corrected chi connectivity index (χ3v) is 6.79. The van der Waals surface area contributed by atoms with Crippen LogP contribution in [0.2, 0.25) is 0 Å². The molecule has 4 rings (SSSR count). The molecule has 1 amide bonds. The first-order valence-electron chi connectivity index (χ1n) is 11.0. The number of pyridine rings is 2. The number of rotatable bonds is 4. The third kappa shape index (κ3) is 4.34. The SMILES string of the molecule is Cc1nn(C)cc1-c1ccc(N)c(C(=O)Nc2cnccc2[C@H]2C[C@@H](O)[C@](C)(O)[C@@H](C)C2)n1. The predicted molar refractivity (Wildman–Crippen MR) is 126 cm³/mol. The summed E-state index contributed by atoms with van der Waals surface area (Å²) in [5, 5.41) is 28.3. The first-order chi connectivity index (χ1) is 15.6. The van der Waals surface area contributed by atoms with E-state index in [4.69, 9.17) is 5.73 Å². The number of nitrogens with two attached hydrogens (primary N) is 1. The highest BCUT2D eigenvalue weighted by Crippen LogP contribution is 2.43. The summed E-state index contributed by atoms with van der Waals surface area (Å²) in [5.41, 5.74) is 8.96. The lowest BCUT2D eigenvalue weighted by molar-refractivity contribution is -0.123. The van der Waals surface area contributed by atoms with Crippen LogP contribution in [0.4, 0.5) is 11.4 Å². The monoisotopic (exact) mass is 450 g/mol. The first-order valence-corrected chi connectivity index (χ1v) is 11.0. The highest BCUT2D eigenvalue weighted by atomic mass is 16.3. The molecule has 3 heterocycles. The van der Waals surface area contributed by atoms with Crippen molar-refractivity contribution in [1.29, 1.82) is 0 Å². The van der Waals surface area contributed by atoms with Crippen LogP contribution in [0.3, 0.4) is 0 Å². The maximum atomic E-state index is 13.2. The normalized spacial score (nSPS) is 25.1. The van der Waals surface area contributed by atoms with E-state index in [1.165, 1.54) is 0 Å². The van der Waals surface area contributed by atoms with Crippen molar-refractivity contribution in [3.05, 3.63) is 53.7 Å². The minimum atomic E-state index is -1.14. The number of aromatic nitrogens is 4. The summed E-state index contributed by atoms with van der Waals surface area (Å²) in [6.45, 7) is 5.47. The molecule has 9 nitrogen and oxygen atoms in total. The quantitative estimate of drug-likeness (QED) is 0.479. The Morgan fingerprint density at radius 1 is 1.30 bits per heavy atom. The van der Waals surface area contributed by atoms with Crippen LogP contribution in [0.5, 0.6) is 0 Å². The number of aryl methyl sites for hydroxylation is 2. The molecule has 1 fully saturated rings. The Labute approximate surface area is 192 Å². The second-order valence-electron chi connectivity index (χ2n) is 9.16. The Kier molecular flexibility index (Phi) is 5.94. The molecule has 0 unspecified atom stereocenters. The molecule has 0 radical (unpaired) electrons. The van der Waals surface area contributed by atoms with E-state index in [1.54, 1.807) is 36.1 Å². The summed E-state index contributed by atoms with van der Waals surface area (Å²) in [6, 6.07) is 5.27. The van der Waals surface area contributed by atoms with Gasteiger partial charge in [-0.25, -0.2) is 4.98 Å². The van der Waals surface area contributed by atoms with Crippen molar-refractivity contribution < 1.29 is 15.0 Å². The van der Waals surface area contributed by atoms with Crippen LogP contribution in [0, 0.1) is 12.8 Å². The van der Waals surface area contributed by atoms with Gasteiger partial charge in [0.2, 0.25) is 0 Å². The molecule has 0 saturated heterocycles. The molecule has 1 aliphatic rings. The van der Waals surface area contributed by atoms with Gasteiger partial charge < -0.3 is 21.3 Å². The van der Waals surface area contributed by atoms with Gasteiger partial charge in [-0.15, -0.1) is 0 Å². The van der Waals surface area contributed by atoms with Crippen LogP contribution in [-0.2, 0) is 7.05 Å². The van der Waals surface area contributed by atoms with E-state index in [1.807, 2.05) is 33.2 Å². The lowest BCUT2D eigenvalue weighted by Gasteiger charge is -2.43. The maximum Gasteiger partial charge on any atom is 0.276 e. The fraction of sp³-hybridized carbons (Fsp3) is 0.417. The Morgan fingerprint density at radius 2 is 2.06 bits per heavy atom. The van der Waals surface area contributed by atoms with Gasteiger partial charge in [0.05, 0.1) is 40.7 Å². The number of carbonyl (C=O) groups excluding carboxylic acids is 1. The van der Waals surface area contributed by atoms with Gasteiger partial charge in [-0.2, -0.15) is 5.10 Å². The average Bonchev–Trinajstić information content (AvgIpc) is 3.10. The zero-order valence-electron chi connectivity index (χ0n) is 19.3. The van der Waals surface area contributed by atoms with Crippen LogP contribution >= 0.6 is 0 Å². The summed E-state index contributed by atoms with van der Waals surface area (Å²) in [5.74, 6) is -0.593. The van der Waals surface area contributed by atoms with E-state index in [0.717, 1.165) is 16.8 Å². The number of nitrogen functional groups attached to an aromatic ring is 1. The largest absolute Gasteiger partial charge is 0.397 e. The van der Waals surface area contributed by atoms with Crippen molar-refractivity contribution in [3.63, 3.8) is 0 Å². The van der Waals surface area contributed by atoms with E-state index < -0.39 is 17.6 Å². The molecule has 3 aromatic heterocycles. The second kappa shape index (κ2) is 8.57. The Morgan fingerprint density at radius 3 is 2.73 bits per heavy atom. The molecule has 0 aliphatic heterocycles. The molecule has 33 heavy (non-hydrogen) atoms. The van der Waals surface area contributed by atoms with Gasteiger partial charge in [-0.1, -0.05) is 6.92 Å². The zero-order valence-corrected chi connectivity index (χ0v) is 19.3. The summed E-state index contributed by atoms with van der Waals surface area (Å²) >= 11 is 0. The molecule has 0 aromatic carbocycles. The lowest BCUT2D eigenvalue weighted by Crippen LogP contribution is -2.49. The van der Waals surface area contributed by atoms with Crippen LogP contribution in [0.15, 0.2) is 36.8 Å². The summed E-state index contributed by atoms with van der Waals surface area (Å²) < 4.78 is 1.70. The van der Waals surface area contributed by atoms with Crippen LogP contribution in [0.25, 0.3) is 11.3 Å². The van der Waals surface area contributed by atoms with E-state index in [2.05, 4.69) is 20.4 Å². The third-order valence-electron chi connectivity index (χ3n) is 6.79. The van der Waals surface area contributed by atoms with Crippen LogP contribution in [-0.4, -0.2) is 47.6 Å². The van der Waals surface area contributed by atoms with Gasteiger partial charge in [-0.05, 0) is 62.3 Å². The van der Waals surface area contributed by atoms with Gasteiger partial charge in [0, 0.05) is 25.0 Å². The van der Waals surface area contributed by atoms with E-state index >= 15 is 0 Å². The number of nitrogens with zero attached hydrogens (tertiary/aromatic N) is 4. The number of hydrogen-bond donors (Lipinski definition) is 4. The second-order valence-corrected chi connectivity index (χ2v) is 9.16. The summed E-state index contributed by atoms with van der Waals surface area (Å²) in [4.78, 5) is 21.9. The van der Waals surface area contributed by atoms with Crippen molar-refractivity contribution >= 4 is 17.3 Å². The van der Waals surface area contributed by atoms with Crippen molar-refractivity contribution in [2.45, 2.75) is 51.2 Å². The summed E-state index contributed by atoms with van der Waals surface area (Å²) in [7, 11) is 1.83. The number of aliphatic hydroxyl groups is 2. The molecule has 0 bridgehead atoms. The van der Waals surface area contributed by atoms with Crippen molar-refractivity contribution in [2.24, 2.45) is 13.0 Å². The molecule has 5 N–H and O–H groups in total. The molecular formula is C24H30N6O3. The highest BCUT2D eigenvalue weighted by Gasteiger charge is 2.43. The Bertz CT molecular complexity index is 1170. The van der Waals surface area contributed by atoms with Gasteiger partial charge in [0.25, 0.3) is 5.91 Å². The lowest BCUT2D eigenvalue weighted by atomic mass is 9.69. The van der Waals surface area contributed by atoms with Gasteiger partial charge in [0.15, 0.2) is 5.69 Å². The van der Waals surface area contributed by atoms with Crippen molar-refractivity contribution in [2.75, 3.05) is 11.1 Å². The molecule has 174 valence electrons. The molecule has 0 spiro atoms. The molecule has 1 aliphatic carbocycles. The number of carbonyl (C=O) groups is 1. The minimum Gasteiger partial charge on any atom is -0.397 e. The number of amides is 1. The van der Waals surface area contributed by atoms with E-state index in [9.17, 15) is 15.0 Å². The van der Waals surface area contributed by atoms with E-state index in [0.29, 0.717) is 24.2 Å². The zero-order chi connectivity index (χ0) is 23.9. The number of anilines is 2. The van der Waals surface area contributed by atoms with Crippen LogP contribution < -0.4 is 11.1 Å². The molecule has 4 atom stereocenters. The van der Waals surface area contributed by atoms with Gasteiger partial charge in [0.1, 0.15) is 0 Å². The highest BCUT2D eigenvalue weighted by molar-refractivity contribution is 6.06. The van der Waals surface area contributed by atoms with E-state index in [-0.39, 0.29) is 23.2 Å². The Balaban J connectivity index is 1.62. The van der Waals surface area contributed by atoms with Crippen LogP contribution in [0.1, 0.15) is 54.4 Å². The van der Waals surface area contributed by atoms with Gasteiger partial charge in [-0.3, -0.25) is 14.5 Å². The fourth-order valence-corrected chi connectivity index (χ4v) is 4.55. The Hall–Kier alpha value is -3.30. The average molecular weight is 451 g/mol. The fourth-order valence-electron chi connectivity index (χ4n) is 4.55. The predicted octanol–water partition coefficient (Wildman–Crippen LogP) is 2.65. The van der Waals surface area contributed by atoms with Gasteiger partial charge >= 0.3 is 0 Å². The number of aliphatic hydroxyl groups excluding tert-OH is 1. The minimum absolute atomic E-state index is 0.0387. The first kappa shape index (κ1) is 22.9. The van der Waals surface area contributed by atoms with Crippen molar-refractivity contribution in [1.82, 2.24) is 19.7 Å².